The molecule has 1 aliphatic heterocycles. The number of nitro benzene ring substituents is 1. The zero-order chi connectivity index (χ0) is 18.9. The number of hydrogen-bond donors (Lipinski definition) is 1. The summed E-state index contributed by atoms with van der Waals surface area (Å²) < 4.78 is 5.28. The molecular weight excluding hydrogens is 340 g/mol. The molecule has 9 nitrogen and oxygen atoms in total. The van der Waals surface area contributed by atoms with Crippen molar-refractivity contribution in [3.63, 3.8) is 0 Å². The molecule has 2 rings (SSSR count). The summed E-state index contributed by atoms with van der Waals surface area (Å²) in [6.07, 6.45) is 2.18. The number of nitrogens with zero attached hydrogens (tertiary/aromatic N) is 3. The highest BCUT2D eigenvalue weighted by Crippen LogP contribution is 2.29. The average Bonchev–Trinajstić information content (AvgIpc) is 2.65. The Kier molecular flexibility index (Phi) is 7.34. The zero-order valence-electron chi connectivity index (χ0n) is 15.0. The summed E-state index contributed by atoms with van der Waals surface area (Å²) in [7, 11) is 0. The van der Waals surface area contributed by atoms with Crippen molar-refractivity contribution < 1.29 is 19.3 Å². The third kappa shape index (κ3) is 5.69. The molecule has 1 aromatic rings. The molecule has 0 bridgehead atoms. The Hall–Kier alpha value is -2.68. The smallest absolute Gasteiger partial charge is 0.293 e. The molecule has 9 heteroatoms. The number of anilines is 1. The minimum absolute atomic E-state index is 0.00497. The molecule has 1 heterocycles. The largest absolute Gasteiger partial charge is 0.386 e. The van der Waals surface area contributed by atoms with Crippen molar-refractivity contribution in [2.24, 2.45) is 5.16 Å². The summed E-state index contributed by atoms with van der Waals surface area (Å²) >= 11 is 0. The maximum absolute atomic E-state index is 11.6. The van der Waals surface area contributed by atoms with Gasteiger partial charge in [0.15, 0.2) is 6.61 Å². The van der Waals surface area contributed by atoms with Crippen LogP contribution in [0.1, 0.15) is 25.8 Å². The number of ether oxygens (including phenoxy) is 1. The third-order valence-electron chi connectivity index (χ3n) is 4.04. The lowest BCUT2D eigenvalue weighted by Gasteiger charge is -2.28. The molecular formula is C17H24N4O5. The number of oxime groups is 1. The van der Waals surface area contributed by atoms with Gasteiger partial charge in [-0.05, 0) is 19.4 Å². The first-order chi connectivity index (χ1) is 12.5. The lowest BCUT2D eigenvalue weighted by Crippen LogP contribution is -2.36. The molecule has 142 valence electrons. The second-order valence-corrected chi connectivity index (χ2v) is 5.99. The van der Waals surface area contributed by atoms with Gasteiger partial charge >= 0.3 is 0 Å². The van der Waals surface area contributed by atoms with Crippen molar-refractivity contribution in [2.45, 2.75) is 26.3 Å². The number of nitro groups is 1. The Bertz CT molecular complexity index is 659. The van der Waals surface area contributed by atoms with Gasteiger partial charge in [0.2, 0.25) is 0 Å². The number of hydrogen-bond acceptors (Lipinski definition) is 7. The van der Waals surface area contributed by atoms with Crippen molar-refractivity contribution >= 4 is 23.5 Å². The second kappa shape index (κ2) is 9.71. The molecule has 1 N–H and O–H groups in total. The second-order valence-electron chi connectivity index (χ2n) is 5.99. The van der Waals surface area contributed by atoms with E-state index in [0.717, 1.165) is 6.42 Å². The van der Waals surface area contributed by atoms with Gasteiger partial charge in [-0.25, -0.2) is 0 Å². The maximum atomic E-state index is 11.6. The molecule has 1 saturated heterocycles. The highest BCUT2D eigenvalue weighted by molar-refractivity contribution is 5.83. The summed E-state index contributed by atoms with van der Waals surface area (Å²) in [6.45, 7) is 5.99. The molecule has 0 aliphatic carbocycles. The quantitative estimate of drug-likeness (QED) is 0.427. The van der Waals surface area contributed by atoms with Crippen molar-refractivity contribution in [1.29, 1.82) is 0 Å². The van der Waals surface area contributed by atoms with E-state index in [1.807, 2.05) is 18.7 Å². The number of amides is 1. The molecule has 1 aliphatic rings. The minimum Gasteiger partial charge on any atom is -0.386 e. The Morgan fingerprint density at radius 3 is 2.88 bits per heavy atom. The Balaban J connectivity index is 1.98. The van der Waals surface area contributed by atoms with Crippen LogP contribution in [0, 0.1) is 10.1 Å². The molecule has 0 aromatic heterocycles. The van der Waals surface area contributed by atoms with Gasteiger partial charge in [-0.15, -0.1) is 0 Å². The first-order valence-electron chi connectivity index (χ1n) is 8.57. The van der Waals surface area contributed by atoms with Crippen molar-refractivity contribution in [3.05, 3.63) is 33.9 Å². The summed E-state index contributed by atoms with van der Waals surface area (Å²) in [5.74, 6) is -0.259. The molecule has 1 aromatic carbocycles. The highest BCUT2D eigenvalue weighted by Gasteiger charge is 2.21. The van der Waals surface area contributed by atoms with E-state index in [4.69, 9.17) is 9.57 Å². The van der Waals surface area contributed by atoms with E-state index in [1.165, 1.54) is 12.3 Å². The number of carbonyl (C=O) groups is 1. The fourth-order valence-corrected chi connectivity index (χ4v) is 2.45. The lowest BCUT2D eigenvalue weighted by molar-refractivity contribution is -0.384. The third-order valence-corrected chi connectivity index (χ3v) is 4.04. The van der Waals surface area contributed by atoms with Crippen LogP contribution in [0.5, 0.6) is 0 Å². The van der Waals surface area contributed by atoms with Crippen molar-refractivity contribution in [3.8, 4) is 0 Å². The van der Waals surface area contributed by atoms with Gasteiger partial charge < -0.3 is 19.8 Å². The average molecular weight is 364 g/mol. The van der Waals surface area contributed by atoms with E-state index in [0.29, 0.717) is 37.6 Å². The molecule has 1 amide bonds. The summed E-state index contributed by atoms with van der Waals surface area (Å²) in [5.41, 5.74) is 1.09. The normalized spacial score (nSPS) is 15.7. The van der Waals surface area contributed by atoms with Gasteiger partial charge in [0.25, 0.3) is 11.6 Å². The summed E-state index contributed by atoms with van der Waals surface area (Å²) in [5, 5.41) is 17.9. The molecule has 0 spiro atoms. The Labute approximate surface area is 152 Å². The number of rotatable bonds is 8. The molecule has 0 unspecified atom stereocenters. The van der Waals surface area contributed by atoms with Crippen LogP contribution in [-0.2, 0) is 14.4 Å². The topological polar surface area (TPSA) is 106 Å². The van der Waals surface area contributed by atoms with Gasteiger partial charge in [-0.1, -0.05) is 18.1 Å². The van der Waals surface area contributed by atoms with Crippen LogP contribution in [0.3, 0.4) is 0 Å². The SMILES string of the molecule is CC[C@@H](C)NC(=O)CO/N=C\c1ccc(N2CCOCC2)c([N+](=O)[O-])c1. The first kappa shape index (κ1) is 19.6. The maximum Gasteiger partial charge on any atom is 0.293 e. The number of morpholine rings is 1. The van der Waals surface area contributed by atoms with Crippen molar-refractivity contribution in [1.82, 2.24) is 5.32 Å². The molecule has 0 radical (unpaired) electrons. The number of nitrogens with one attached hydrogen (secondary N) is 1. The van der Waals surface area contributed by atoms with Gasteiger partial charge in [0.05, 0.1) is 24.4 Å². The number of carbonyl (C=O) groups excluding carboxylic acids is 1. The van der Waals surface area contributed by atoms with Crippen LogP contribution >= 0.6 is 0 Å². The Morgan fingerprint density at radius 2 is 2.23 bits per heavy atom. The van der Waals surface area contributed by atoms with Crippen molar-refractivity contribution in [2.75, 3.05) is 37.8 Å². The van der Waals surface area contributed by atoms with Crippen LogP contribution in [0.15, 0.2) is 23.4 Å². The molecule has 1 atom stereocenters. The summed E-state index contributed by atoms with van der Waals surface area (Å²) in [4.78, 5) is 29.4. The van der Waals surface area contributed by atoms with Crippen LogP contribution in [0.4, 0.5) is 11.4 Å². The fourth-order valence-electron chi connectivity index (χ4n) is 2.45. The zero-order valence-corrected chi connectivity index (χ0v) is 15.0. The Morgan fingerprint density at radius 1 is 1.50 bits per heavy atom. The fraction of sp³-hybridized carbons (Fsp3) is 0.529. The predicted octanol–water partition coefficient (Wildman–Crippen LogP) is 1.70. The van der Waals surface area contributed by atoms with Crippen LogP contribution in [0.2, 0.25) is 0 Å². The monoisotopic (exact) mass is 364 g/mol. The van der Waals surface area contributed by atoms with E-state index >= 15 is 0 Å². The minimum atomic E-state index is -0.414. The van der Waals surface area contributed by atoms with Crippen LogP contribution < -0.4 is 10.2 Å². The van der Waals surface area contributed by atoms with E-state index in [1.54, 1.807) is 12.1 Å². The van der Waals surface area contributed by atoms with Crippen LogP contribution in [0.25, 0.3) is 0 Å². The first-order valence-corrected chi connectivity index (χ1v) is 8.57. The van der Waals surface area contributed by atoms with E-state index in [2.05, 4.69) is 10.5 Å². The molecule has 26 heavy (non-hydrogen) atoms. The van der Waals surface area contributed by atoms with E-state index < -0.39 is 4.92 Å². The molecule has 1 fully saturated rings. The highest BCUT2D eigenvalue weighted by atomic mass is 16.6. The van der Waals surface area contributed by atoms with Gasteiger partial charge in [0, 0.05) is 30.8 Å². The van der Waals surface area contributed by atoms with E-state index in [9.17, 15) is 14.9 Å². The van der Waals surface area contributed by atoms with E-state index in [-0.39, 0.29) is 24.2 Å². The lowest BCUT2D eigenvalue weighted by atomic mass is 10.1. The summed E-state index contributed by atoms with van der Waals surface area (Å²) in [6, 6.07) is 4.94. The molecule has 0 saturated carbocycles. The van der Waals surface area contributed by atoms with Crippen LogP contribution in [-0.4, -0.2) is 56.0 Å². The standard InChI is InChI=1S/C17H24N4O5/c1-3-13(2)19-17(22)12-26-18-11-14-4-5-15(16(10-14)21(23)24)20-6-8-25-9-7-20/h4-5,10-11,13H,3,6-9,12H2,1-2H3,(H,19,22)/b18-11-/t13-/m1/s1. The van der Waals surface area contributed by atoms with Gasteiger partial charge in [-0.3, -0.25) is 14.9 Å². The number of benzene rings is 1. The van der Waals surface area contributed by atoms with Gasteiger partial charge in [-0.2, -0.15) is 0 Å². The van der Waals surface area contributed by atoms with Gasteiger partial charge in [0.1, 0.15) is 5.69 Å². The predicted molar refractivity (Wildman–Crippen MR) is 97.6 cm³/mol.